The molecule has 0 saturated carbocycles. The van der Waals surface area contributed by atoms with E-state index in [0.717, 1.165) is 4.90 Å². The molecule has 0 unspecified atom stereocenters. The molecule has 0 aromatic heterocycles. The third-order valence-corrected chi connectivity index (χ3v) is 3.50. The molecule has 1 N–H and O–H groups in total. The van der Waals surface area contributed by atoms with Crippen LogP contribution in [0.5, 0.6) is 0 Å². The van der Waals surface area contributed by atoms with Crippen molar-refractivity contribution in [2.75, 3.05) is 13.1 Å². The second-order valence-corrected chi connectivity index (χ2v) is 8.82. The molecule has 1 atom stereocenters. The van der Waals surface area contributed by atoms with E-state index in [1.165, 1.54) is 0 Å². The lowest BCUT2D eigenvalue weighted by atomic mass is 9.87. The van der Waals surface area contributed by atoms with Gasteiger partial charge in [0.05, 0.1) is 12.6 Å². The summed E-state index contributed by atoms with van der Waals surface area (Å²) in [4.78, 5) is 41.4. The Morgan fingerprint density at radius 3 is 2.22 bits per heavy atom. The fourth-order valence-electron chi connectivity index (χ4n) is 2.70. The average molecular weight is 392 g/mol. The molecule has 0 aromatic rings. The third-order valence-electron chi connectivity index (χ3n) is 3.50. The van der Waals surface area contributed by atoms with E-state index in [-0.39, 0.29) is 30.4 Å². The minimum absolute atomic E-state index is 0.0605. The van der Waals surface area contributed by atoms with Gasteiger partial charge < -0.3 is 15.0 Å². The number of halogens is 2. The summed E-state index contributed by atoms with van der Waals surface area (Å²) >= 11 is 0. The van der Waals surface area contributed by atoms with Gasteiger partial charge in [-0.3, -0.25) is 4.79 Å². The summed E-state index contributed by atoms with van der Waals surface area (Å²) in [5.41, 5.74) is -0.786. The van der Waals surface area contributed by atoms with Crippen LogP contribution in [-0.2, 0) is 19.1 Å². The van der Waals surface area contributed by atoms with Crippen molar-refractivity contribution < 1.29 is 32.7 Å². The van der Waals surface area contributed by atoms with Gasteiger partial charge in [0.1, 0.15) is 5.60 Å². The normalized spacial score (nSPS) is 17.9. The van der Waals surface area contributed by atoms with E-state index in [2.05, 4.69) is 5.32 Å². The predicted octanol–water partition coefficient (Wildman–Crippen LogP) is 2.99. The highest BCUT2D eigenvalue weighted by Gasteiger charge is 2.40. The fourth-order valence-corrected chi connectivity index (χ4v) is 2.70. The van der Waals surface area contributed by atoms with Crippen molar-refractivity contribution >= 4 is 18.2 Å². The van der Waals surface area contributed by atoms with Crippen molar-refractivity contribution in [1.29, 1.82) is 0 Å². The summed E-state index contributed by atoms with van der Waals surface area (Å²) in [6.45, 7) is 10.7. The predicted molar refractivity (Wildman–Crippen MR) is 93.0 cm³/mol. The average Bonchev–Trinajstić information content (AvgIpc) is 2.39. The minimum Gasteiger partial charge on any atom is -0.444 e. The summed E-state index contributed by atoms with van der Waals surface area (Å²) in [6.07, 6.45) is -0.386. The lowest BCUT2D eigenvalue weighted by Crippen LogP contribution is -2.53. The fraction of sp³-hybridized carbons (Fsp3) is 0.833. The molecule has 2 amide bonds. The number of amides is 2. The highest BCUT2D eigenvalue weighted by molar-refractivity contribution is 5.77. The summed E-state index contributed by atoms with van der Waals surface area (Å²) in [6, 6.07) is -0.447. The molecule has 156 valence electrons. The van der Waals surface area contributed by atoms with Gasteiger partial charge in [-0.15, -0.1) is 0 Å². The summed E-state index contributed by atoms with van der Waals surface area (Å²) in [5, 5.41) is 2.73. The van der Waals surface area contributed by atoms with Crippen molar-refractivity contribution in [2.45, 2.75) is 78.4 Å². The van der Waals surface area contributed by atoms with Crippen LogP contribution in [0.25, 0.3) is 0 Å². The van der Waals surface area contributed by atoms with Crippen LogP contribution in [0.4, 0.5) is 13.6 Å². The molecule has 27 heavy (non-hydrogen) atoms. The molecule has 0 aromatic carbocycles. The minimum atomic E-state index is -2.87. The van der Waals surface area contributed by atoms with Gasteiger partial charge in [0.25, 0.3) is 5.92 Å². The smallest absolute Gasteiger partial charge is 0.407 e. The molecule has 0 radical (unpaired) electrons. The van der Waals surface area contributed by atoms with Crippen molar-refractivity contribution in [1.82, 2.24) is 10.2 Å². The Morgan fingerprint density at radius 1 is 1.26 bits per heavy atom. The number of likely N-dealkylation sites (tertiary alicyclic amines) is 1. The number of carbonyl (C=O) groups is 2. The number of hydrogen-bond acceptors (Lipinski definition) is 5. The first-order chi connectivity index (χ1) is 12.1. The molecule has 0 aliphatic carbocycles. The van der Waals surface area contributed by atoms with E-state index in [4.69, 9.17) is 14.3 Å². The van der Waals surface area contributed by atoms with Crippen molar-refractivity contribution in [3.05, 3.63) is 0 Å². The first kappa shape index (κ1) is 25.0. The molecule has 0 bridgehead atoms. The van der Waals surface area contributed by atoms with Gasteiger partial charge in [0.2, 0.25) is 5.91 Å². The van der Waals surface area contributed by atoms with Gasteiger partial charge in [0, 0.05) is 19.4 Å². The SMILES string of the molecule is CC(C)(C)C[C@@H](CN1CC(F)(F)CCC1=O)NC(=O)OC(C)(C)C.O=C=O. The maximum atomic E-state index is 13.6. The van der Waals surface area contributed by atoms with Gasteiger partial charge in [-0.25, -0.2) is 13.6 Å². The Kier molecular flexibility index (Phi) is 9.05. The van der Waals surface area contributed by atoms with Gasteiger partial charge in [-0.1, -0.05) is 20.8 Å². The number of piperidine rings is 1. The quantitative estimate of drug-likeness (QED) is 0.794. The lowest BCUT2D eigenvalue weighted by molar-refractivity contribution is -0.191. The molecular weight excluding hydrogens is 362 g/mol. The lowest BCUT2D eigenvalue weighted by Gasteiger charge is -2.36. The zero-order valence-corrected chi connectivity index (χ0v) is 16.9. The van der Waals surface area contributed by atoms with E-state index >= 15 is 0 Å². The highest BCUT2D eigenvalue weighted by atomic mass is 19.3. The van der Waals surface area contributed by atoms with Crippen LogP contribution >= 0.6 is 0 Å². The van der Waals surface area contributed by atoms with Crippen molar-refractivity contribution in [2.24, 2.45) is 5.41 Å². The zero-order chi connectivity index (χ0) is 21.5. The van der Waals surface area contributed by atoms with Crippen LogP contribution in [0, 0.1) is 5.41 Å². The van der Waals surface area contributed by atoms with Crippen LogP contribution in [0.3, 0.4) is 0 Å². The van der Waals surface area contributed by atoms with Crippen LogP contribution in [0.2, 0.25) is 0 Å². The number of alkyl halides is 2. The third kappa shape index (κ3) is 12.1. The first-order valence-corrected chi connectivity index (χ1v) is 8.73. The van der Waals surface area contributed by atoms with Gasteiger partial charge in [0.15, 0.2) is 0 Å². The summed E-state index contributed by atoms with van der Waals surface area (Å²) in [7, 11) is 0. The monoisotopic (exact) mass is 392 g/mol. The molecule has 0 spiro atoms. The number of carbonyl (C=O) groups excluding carboxylic acids is 4. The summed E-state index contributed by atoms with van der Waals surface area (Å²) < 4.78 is 32.4. The molecule has 9 heteroatoms. The molecule has 1 aliphatic rings. The topological polar surface area (TPSA) is 92.8 Å². The number of hydrogen-bond donors (Lipinski definition) is 1. The number of ether oxygens (including phenoxy) is 1. The molecule has 1 heterocycles. The second kappa shape index (κ2) is 9.78. The molecular formula is C18H30F2N2O5. The number of rotatable bonds is 4. The standard InChI is InChI=1S/C17H30F2N2O3.CO2/c1-15(2,3)9-12(20-14(23)24-16(4,5)6)10-21-11-17(18,19)8-7-13(21)22;2-1-3/h12H,7-11H2,1-6H3,(H,20,23);/t12-;/m0./s1. The first-order valence-electron chi connectivity index (χ1n) is 8.73. The van der Waals surface area contributed by atoms with Gasteiger partial charge in [-0.05, 0) is 32.6 Å². The van der Waals surface area contributed by atoms with Crippen LogP contribution in [0.1, 0.15) is 60.8 Å². The number of nitrogens with zero attached hydrogens (tertiary/aromatic N) is 1. The second-order valence-electron chi connectivity index (χ2n) is 8.82. The van der Waals surface area contributed by atoms with Crippen LogP contribution in [-0.4, -0.2) is 53.7 Å². The maximum Gasteiger partial charge on any atom is 0.407 e. The van der Waals surface area contributed by atoms with E-state index < -0.39 is 36.6 Å². The number of nitrogens with one attached hydrogen (secondary N) is 1. The van der Waals surface area contributed by atoms with E-state index in [1.807, 2.05) is 20.8 Å². The molecule has 1 saturated heterocycles. The Balaban J connectivity index is 0.00000210. The number of alkyl carbamates (subject to hydrolysis) is 1. The maximum absolute atomic E-state index is 13.6. The molecule has 1 rings (SSSR count). The Bertz CT molecular complexity index is 547. The molecule has 1 aliphatic heterocycles. The Hall–Kier alpha value is -2.02. The molecule has 1 fully saturated rings. The van der Waals surface area contributed by atoms with Crippen molar-refractivity contribution in [3.63, 3.8) is 0 Å². The molecule has 7 nitrogen and oxygen atoms in total. The van der Waals surface area contributed by atoms with E-state index in [0.29, 0.717) is 6.42 Å². The van der Waals surface area contributed by atoms with Crippen molar-refractivity contribution in [3.8, 4) is 0 Å². The van der Waals surface area contributed by atoms with Gasteiger partial charge >= 0.3 is 12.2 Å². The highest BCUT2D eigenvalue weighted by Crippen LogP contribution is 2.28. The van der Waals surface area contributed by atoms with Crippen LogP contribution < -0.4 is 5.32 Å². The Labute approximate surface area is 158 Å². The van der Waals surface area contributed by atoms with Gasteiger partial charge in [-0.2, -0.15) is 9.59 Å². The Morgan fingerprint density at radius 2 is 1.78 bits per heavy atom. The van der Waals surface area contributed by atoms with Crippen LogP contribution in [0.15, 0.2) is 0 Å². The largest absolute Gasteiger partial charge is 0.444 e. The van der Waals surface area contributed by atoms with E-state index in [9.17, 15) is 18.4 Å². The van der Waals surface area contributed by atoms with E-state index in [1.54, 1.807) is 20.8 Å². The zero-order valence-electron chi connectivity index (χ0n) is 16.9. The summed E-state index contributed by atoms with van der Waals surface area (Å²) in [5.74, 6) is -3.17.